The SMILES string of the molecule is CC(=Cc1ccccc1)C(=O)NC1CCN(c2ccc(-c3nc(C)no3)cn2)C1. The van der Waals surface area contributed by atoms with Crippen LogP contribution in [0.5, 0.6) is 0 Å². The number of carbonyl (C=O) groups excluding carboxylic acids is 1. The van der Waals surface area contributed by atoms with Gasteiger partial charge in [-0.25, -0.2) is 4.98 Å². The molecule has 1 aromatic carbocycles. The maximum absolute atomic E-state index is 12.5. The van der Waals surface area contributed by atoms with Gasteiger partial charge >= 0.3 is 0 Å². The number of amides is 1. The highest BCUT2D eigenvalue weighted by molar-refractivity contribution is 5.97. The van der Waals surface area contributed by atoms with E-state index in [1.807, 2.05) is 55.5 Å². The summed E-state index contributed by atoms with van der Waals surface area (Å²) in [6, 6.07) is 13.8. The lowest BCUT2D eigenvalue weighted by atomic mass is 10.1. The fourth-order valence-corrected chi connectivity index (χ4v) is 3.36. The number of hydrogen-bond donors (Lipinski definition) is 1. The number of pyridine rings is 1. The van der Waals surface area contributed by atoms with Crippen molar-refractivity contribution in [1.82, 2.24) is 20.4 Å². The molecule has 1 aliphatic heterocycles. The van der Waals surface area contributed by atoms with Crippen LogP contribution in [-0.2, 0) is 4.79 Å². The third kappa shape index (κ3) is 4.51. The van der Waals surface area contributed by atoms with Crippen LogP contribution in [0, 0.1) is 6.92 Å². The minimum atomic E-state index is -0.0317. The quantitative estimate of drug-likeness (QED) is 0.675. The summed E-state index contributed by atoms with van der Waals surface area (Å²) in [7, 11) is 0. The second kappa shape index (κ2) is 8.26. The van der Waals surface area contributed by atoms with Crippen molar-refractivity contribution >= 4 is 17.8 Å². The first-order chi connectivity index (χ1) is 14.1. The summed E-state index contributed by atoms with van der Waals surface area (Å²) >= 11 is 0. The minimum absolute atomic E-state index is 0.0317. The number of hydrogen-bond acceptors (Lipinski definition) is 6. The molecule has 1 fully saturated rings. The maximum Gasteiger partial charge on any atom is 0.259 e. The van der Waals surface area contributed by atoms with Crippen LogP contribution >= 0.6 is 0 Å². The Morgan fingerprint density at radius 2 is 2.07 bits per heavy atom. The molecular formula is C22H23N5O2. The first kappa shape index (κ1) is 18.9. The summed E-state index contributed by atoms with van der Waals surface area (Å²) in [6.07, 6.45) is 4.53. The van der Waals surface area contributed by atoms with Crippen molar-refractivity contribution in [2.75, 3.05) is 18.0 Å². The highest BCUT2D eigenvalue weighted by atomic mass is 16.5. The lowest BCUT2D eigenvalue weighted by molar-refractivity contribution is -0.117. The van der Waals surface area contributed by atoms with Crippen molar-refractivity contribution in [2.45, 2.75) is 26.3 Å². The van der Waals surface area contributed by atoms with E-state index in [0.717, 1.165) is 36.5 Å². The van der Waals surface area contributed by atoms with Gasteiger partial charge in [-0.2, -0.15) is 4.98 Å². The van der Waals surface area contributed by atoms with E-state index in [4.69, 9.17) is 4.52 Å². The minimum Gasteiger partial charge on any atom is -0.354 e. The van der Waals surface area contributed by atoms with Gasteiger partial charge in [0, 0.05) is 30.9 Å². The smallest absolute Gasteiger partial charge is 0.259 e. The normalized spacial score (nSPS) is 16.8. The third-order valence-electron chi connectivity index (χ3n) is 4.91. The van der Waals surface area contributed by atoms with E-state index in [1.165, 1.54) is 0 Å². The first-order valence-corrected chi connectivity index (χ1v) is 9.64. The van der Waals surface area contributed by atoms with Gasteiger partial charge in [-0.05, 0) is 44.0 Å². The molecule has 0 radical (unpaired) electrons. The van der Waals surface area contributed by atoms with Crippen molar-refractivity contribution in [3.63, 3.8) is 0 Å². The van der Waals surface area contributed by atoms with E-state index in [2.05, 4.69) is 25.3 Å². The van der Waals surface area contributed by atoms with Crippen LogP contribution in [0.2, 0.25) is 0 Å². The summed E-state index contributed by atoms with van der Waals surface area (Å²) in [4.78, 5) is 23.4. The molecule has 3 heterocycles. The van der Waals surface area contributed by atoms with Gasteiger partial charge in [0.1, 0.15) is 5.82 Å². The molecule has 0 aliphatic carbocycles. The van der Waals surface area contributed by atoms with Gasteiger partial charge in [-0.15, -0.1) is 0 Å². The molecule has 1 aliphatic rings. The fraction of sp³-hybridized carbons (Fsp3) is 0.273. The molecule has 2 aromatic heterocycles. The number of carbonyl (C=O) groups is 1. The van der Waals surface area contributed by atoms with Crippen LogP contribution in [0.25, 0.3) is 17.5 Å². The standard InChI is InChI=1S/C22H23N5O2/c1-15(12-17-6-4-3-5-7-17)21(28)25-19-10-11-27(14-19)20-9-8-18(13-23-20)22-24-16(2)26-29-22/h3-9,12-13,19H,10-11,14H2,1-2H3,(H,25,28). The molecule has 0 saturated carbocycles. The molecule has 29 heavy (non-hydrogen) atoms. The Morgan fingerprint density at radius 3 is 2.76 bits per heavy atom. The van der Waals surface area contributed by atoms with Crippen LogP contribution in [-0.4, -0.2) is 40.2 Å². The van der Waals surface area contributed by atoms with Crippen LogP contribution in [0.1, 0.15) is 24.7 Å². The molecule has 1 unspecified atom stereocenters. The highest BCUT2D eigenvalue weighted by Gasteiger charge is 2.25. The second-order valence-electron chi connectivity index (χ2n) is 7.19. The number of benzene rings is 1. The lowest BCUT2D eigenvalue weighted by Gasteiger charge is -2.18. The Kier molecular flexibility index (Phi) is 5.37. The van der Waals surface area contributed by atoms with E-state index in [9.17, 15) is 4.79 Å². The number of nitrogens with one attached hydrogen (secondary N) is 1. The van der Waals surface area contributed by atoms with Crippen LogP contribution in [0.15, 0.2) is 58.8 Å². The Labute approximate surface area is 169 Å². The molecule has 4 rings (SSSR count). The topological polar surface area (TPSA) is 84.2 Å². The zero-order valence-electron chi connectivity index (χ0n) is 16.5. The zero-order chi connectivity index (χ0) is 20.2. The molecular weight excluding hydrogens is 366 g/mol. The number of aromatic nitrogens is 3. The van der Waals surface area contributed by atoms with Gasteiger partial charge in [0.05, 0.1) is 5.56 Å². The first-order valence-electron chi connectivity index (χ1n) is 9.64. The van der Waals surface area contributed by atoms with Crippen LogP contribution in [0.4, 0.5) is 5.82 Å². The molecule has 0 spiro atoms. The summed E-state index contributed by atoms with van der Waals surface area (Å²) in [5.41, 5.74) is 2.51. The van der Waals surface area contributed by atoms with Crippen molar-refractivity contribution < 1.29 is 9.32 Å². The molecule has 148 valence electrons. The highest BCUT2D eigenvalue weighted by Crippen LogP contribution is 2.22. The largest absolute Gasteiger partial charge is 0.354 e. The summed E-state index contributed by atoms with van der Waals surface area (Å²) in [5, 5.41) is 6.93. The molecule has 1 amide bonds. The van der Waals surface area contributed by atoms with E-state index in [1.54, 1.807) is 13.1 Å². The Morgan fingerprint density at radius 1 is 1.24 bits per heavy atom. The van der Waals surface area contributed by atoms with Crippen molar-refractivity contribution in [2.24, 2.45) is 0 Å². The van der Waals surface area contributed by atoms with E-state index in [0.29, 0.717) is 17.3 Å². The average molecular weight is 389 g/mol. The van der Waals surface area contributed by atoms with E-state index >= 15 is 0 Å². The number of nitrogens with zero attached hydrogens (tertiary/aromatic N) is 4. The number of rotatable bonds is 5. The Balaban J connectivity index is 1.35. The average Bonchev–Trinajstić information content (AvgIpc) is 3.38. The van der Waals surface area contributed by atoms with Crippen LogP contribution < -0.4 is 10.2 Å². The molecule has 0 bridgehead atoms. The fourth-order valence-electron chi connectivity index (χ4n) is 3.36. The molecule has 7 heteroatoms. The van der Waals surface area contributed by atoms with Gasteiger partial charge in [-0.3, -0.25) is 4.79 Å². The second-order valence-corrected chi connectivity index (χ2v) is 7.19. The summed E-state index contributed by atoms with van der Waals surface area (Å²) in [6.45, 7) is 5.20. The zero-order valence-corrected chi connectivity index (χ0v) is 16.5. The maximum atomic E-state index is 12.5. The van der Waals surface area contributed by atoms with Gasteiger partial charge < -0.3 is 14.7 Å². The van der Waals surface area contributed by atoms with Gasteiger partial charge in [0.2, 0.25) is 5.91 Å². The van der Waals surface area contributed by atoms with Crippen molar-refractivity contribution in [3.8, 4) is 11.5 Å². The van der Waals surface area contributed by atoms with E-state index in [-0.39, 0.29) is 11.9 Å². The monoisotopic (exact) mass is 389 g/mol. The predicted octanol–water partition coefficient (Wildman–Crippen LogP) is 3.24. The molecule has 3 aromatic rings. The molecule has 1 atom stereocenters. The van der Waals surface area contributed by atoms with Crippen molar-refractivity contribution in [3.05, 3.63) is 65.6 Å². The van der Waals surface area contributed by atoms with Crippen LogP contribution in [0.3, 0.4) is 0 Å². The van der Waals surface area contributed by atoms with E-state index < -0.39 is 0 Å². The predicted molar refractivity (Wildman–Crippen MR) is 111 cm³/mol. The van der Waals surface area contributed by atoms with Gasteiger partial charge in [0.25, 0.3) is 5.89 Å². The molecule has 1 saturated heterocycles. The Bertz CT molecular complexity index is 1010. The Hall–Kier alpha value is -3.48. The number of aryl methyl sites for hydroxylation is 1. The summed E-state index contributed by atoms with van der Waals surface area (Å²) < 4.78 is 5.17. The van der Waals surface area contributed by atoms with Gasteiger partial charge in [-0.1, -0.05) is 35.5 Å². The molecule has 7 nitrogen and oxygen atoms in total. The number of anilines is 1. The lowest BCUT2D eigenvalue weighted by Crippen LogP contribution is -2.37. The summed E-state index contributed by atoms with van der Waals surface area (Å²) in [5.74, 6) is 1.90. The van der Waals surface area contributed by atoms with Crippen molar-refractivity contribution in [1.29, 1.82) is 0 Å². The van der Waals surface area contributed by atoms with Gasteiger partial charge in [0.15, 0.2) is 5.82 Å². The third-order valence-corrected chi connectivity index (χ3v) is 4.91. The molecule has 1 N–H and O–H groups in total.